The van der Waals surface area contributed by atoms with Crippen molar-refractivity contribution < 1.29 is 9.52 Å². The second-order valence-corrected chi connectivity index (χ2v) is 7.56. The summed E-state index contributed by atoms with van der Waals surface area (Å²) >= 11 is 0. The number of rotatable bonds is 3. The molecular weight excluding hydrogens is 274 g/mol. The van der Waals surface area contributed by atoms with Crippen LogP contribution in [-0.2, 0) is 11.8 Å². The molecule has 3 nitrogen and oxygen atoms in total. The van der Waals surface area contributed by atoms with Crippen molar-refractivity contribution in [2.45, 2.75) is 49.5 Å². The van der Waals surface area contributed by atoms with Crippen LogP contribution in [0.5, 0.6) is 0 Å². The largest absolute Gasteiger partial charge is 0.464 e. The molecule has 0 amide bonds. The summed E-state index contributed by atoms with van der Waals surface area (Å²) in [6.45, 7) is 0.917. The molecule has 1 N–H and O–H groups in total. The molecule has 2 aliphatic rings. The zero-order valence-electron chi connectivity index (χ0n) is 13.6. The highest BCUT2D eigenvalue weighted by Gasteiger charge is 2.57. The fraction of sp³-hybridized carbons (Fsp3) is 0.579. The lowest BCUT2D eigenvalue weighted by atomic mass is 9.52. The molecule has 2 aromatic rings. The number of hydrogen-bond donors (Lipinski definition) is 1. The van der Waals surface area contributed by atoms with E-state index in [1.165, 1.54) is 17.5 Å². The first-order valence-corrected chi connectivity index (χ1v) is 8.42. The molecule has 118 valence electrons. The van der Waals surface area contributed by atoms with Gasteiger partial charge in [0.05, 0.1) is 11.9 Å². The lowest BCUT2D eigenvalue weighted by Crippen LogP contribution is -2.63. The zero-order chi connectivity index (χ0) is 15.4. The standard InChI is InChI=1S/C19H25NO2/c1-20(2)13-18(19(21)7-4-3-5-8-19)12-15-11-17-14(6-9-22-17)10-16(15)18/h6,9-11,21H,3-5,7-8,12-13H2,1-2H3. The van der Waals surface area contributed by atoms with Gasteiger partial charge in [0.15, 0.2) is 0 Å². The molecule has 1 heterocycles. The molecule has 2 aliphatic carbocycles. The summed E-state index contributed by atoms with van der Waals surface area (Å²) in [4.78, 5) is 2.23. The van der Waals surface area contributed by atoms with Crippen LogP contribution in [-0.4, -0.2) is 36.2 Å². The number of fused-ring (bicyclic) bond motifs is 2. The Balaban J connectivity index is 1.82. The van der Waals surface area contributed by atoms with Gasteiger partial charge in [-0.2, -0.15) is 0 Å². The van der Waals surface area contributed by atoms with E-state index < -0.39 is 5.60 Å². The third-order valence-corrected chi connectivity index (χ3v) is 5.84. The quantitative estimate of drug-likeness (QED) is 0.942. The first-order chi connectivity index (χ1) is 10.5. The van der Waals surface area contributed by atoms with Gasteiger partial charge in [-0.1, -0.05) is 19.3 Å². The van der Waals surface area contributed by atoms with E-state index in [1.54, 1.807) is 6.26 Å². The molecular formula is C19H25NO2. The first kappa shape index (κ1) is 14.3. The van der Waals surface area contributed by atoms with Crippen molar-refractivity contribution in [2.75, 3.05) is 20.6 Å². The molecule has 1 saturated carbocycles. The van der Waals surface area contributed by atoms with Gasteiger partial charge in [0.25, 0.3) is 0 Å². The summed E-state index contributed by atoms with van der Waals surface area (Å²) in [5.74, 6) is 0. The maximum Gasteiger partial charge on any atom is 0.134 e. The second kappa shape index (κ2) is 4.84. The van der Waals surface area contributed by atoms with Crippen LogP contribution < -0.4 is 0 Å². The fourth-order valence-electron chi connectivity index (χ4n) is 4.82. The predicted octanol–water partition coefficient (Wildman–Crippen LogP) is 3.48. The summed E-state index contributed by atoms with van der Waals surface area (Å²) < 4.78 is 5.53. The van der Waals surface area contributed by atoms with E-state index in [1.807, 2.05) is 6.07 Å². The molecule has 0 aliphatic heterocycles. The Kier molecular flexibility index (Phi) is 3.14. The average molecular weight is 299 g/mol. The first-order valence-electron chi connectivity index (χ1n) is 8.42. The third kappa shape index (κ3) is 1.88. The van der Waals surface area contributed by atoms with Gasteiger partial charge in [-0.15, -0.1) is 0 Å². The molecule has 1 atom stereocenters. The molecule has 0 bridgehead atoms. The SMILES string of the molecule is CN(C)CC1(C2(O)CCCCC2)Cc2cc3occc3cc21. The minimum absolute atomic E-state index is 0.113. The lowest BCUT2D eigenvalue weighted by molar-refractivity contribution is -0.0868. The van der Waals surface area contributed by atoms with Crippen molar-refractivity contribution in [3.63, 3.8) is 0 Å². The van der Waals surface area contributed by atoms with E-state index in [-0.39, 0.29) is 5.41 Å². The molecule has 3 heteroatoms. The highest BCUT2D eigenvalue weighted by Crippen LogP contribution is 2.54. The monoisotopic (exact) mass is 299 g/mol. The summed E-state index contributed by atoms with van der Waals surface area (Å²) in [7, 11) is 4.23. The number of likely N-dealkylation sites (N-methyl/N-ethyl adjacent to an activating group) is 1. The predicted molar refractivity (Wildman–Crippen MR) is 88.2 cm³/mol. The topological polar surface area (TPSA) is 36.6 Å². The molecule has 1 fully saturated rings. The van der Waals surface area contributed by atoms with Crippen LogP contribution in [0.15, 0.2) is 28.9 Å². The Morgan fingerprint density at radius 2 is 1.95 bits per heavy atom. The van der Waals surface area contributed by atoms with Gasteiger partial charge >= 0.3 is 0 Å². The number of benzene rings is 1. The molecule has 0 spiro atoms. The van der Waals surface area contributed by atoms with Crippen molar-refractivity contribution >= 4 is 11.0 Å². The minimum atomic E-state index is -0.556. The lowest BCUT2D eigenvalue weighted by Gasteiger charge is -2.57. The number of aliphatic hydroxyl groups is 1. The number of hydrogen-bond acceptors (Lipinski definition) is 3. The Hall–Kier alpha value is -1.32. The van der Waals surface area contributed by atoms with Crippen molar-refractivity contribution in [3.8, 4) is 0 Å². The van der Waals surface area contributed by atoms with Crippen LogP contribution in [0.1, 0.15) is 43.2 Å². The van der Waals surface area contributed by atoms with Crippen LogP contribution in [0.2, 0.25) is 0 Å². The fourth-order valence-corrected chi connectivity index (χ4v) is 4.82. The maximum atomic E-state index is 11.5. The smallest absolute Gasteiger partial charge is 0.134 e. The van der Waals surface area contributed by atoms with E-state index in [0.29, 0.717) is 0 Å². The average Bonchev–Trinajstić information content (AvgIpc) is 2.92. The summed E-state index contributed by atoms with van der Waals surface area (Å²) in [6, 6.07) is 6.46. The zero-order valence-corrected chi connectivity index (χ0v) is 13.6. The van der Waals surface area contributed by atoms with Gasteiger partial charge in [0, 0.05) is 17.3 Å². The number of furan rings is 1. The van der Waals surface area contributed by atoms with Crippen LogP contribution in [0, 0.1) is 0 Å². The minimum Gasteiger partial charge on any atom is -0.464 e. The van der Waals surface area contributed by atoms with Gasteiger partial charge in [-0.05, 0) is 62.7 Å². The van der Waals surface area contributed by atoms with E-state index >= 15 is 0 Å². The van der Waals surface area contributed by atoms with Crippen LogP contribution in [0.4, 0.5) is 0 Å². The van der Waals surface area contributed by atoms with Gasteiger partial charge in [-0.25, -0.2) is 0 Å². The summed E-state index contributed by atoms with van der Waals surface area (Å²) in [5.41, 5.74) is 2.99. The van der Waals surface area contributed by atoms with E-state index in [9.17, 15) is 5.11 Å². The summed E-state index contributed by atoms with van der Waals surface area (Å²) in [5, 5.41) is 12.7. The molecule has 1 aromatic carbocycles. The Morgan fingerprint density at radius 3 is 2.68 bits per heavy atom. The van der Waals surface area contributed by atoms with Crippen LogP contribution >= 0.6 is 0 Å². The molecule has 0 saturated heterocycles. The van der Waals surface area contributed by atoms with Crippen molar-refractivity contribution in [1.82, 2.24) is 4.90 Å². The molecule has 1 unspecified atom stereocenters. The van der Waals surface area contributed by atoms with Crippen LogP contribution in [0.3, 0.4) is 0 Å². The molecule has 22 heavy (non-hydrogen) atoms. The van der Waals surface area contributed by atoms with Crippen LogP contribution in [0.25, 0.3) is 11.0 Å². The van der Waals surface area contributed by atoms with Gasteiger partial charge in [-0.3, -0.25) is 0 Å². The van der Waals surface area contributed by atoms with E-state index in [0.717, 1.165) is 49.6 Å². The molecule has 1 aromatic heterocycles. The Morgan fingerprint density at radius 1 is 1.18 bits per heavy atom. The highest BCUT2D eigenvalue weighted by molar-refractivity contribution is 5.81. The number of nitrogens with zero attached hydrogens (tertiary/aromatic N) is 1. The van der Waals surface area contributed by atoms with Gasteiger partial charge < -0.3 is 14.4 Å². The summed E-state index contributed by atoms with van der Waals surface area (Å²) in [6.07, 6.45) is 8.14. The van der Waals surface area contributed by atoms with Crippen molar-refractivity contribution in [3.05, 3.63) is 35.6 Å². The molecule has 0 radical (unpaired) electrons. The maximum absolute atomic E-state index is 11.5. The van der Waals surface area contributed by atoms with Crippen molar-refractivity contribution in [2.24, 2.45) is 0 Å². The second-order valence-electron chi connectivity index (χ2n) is 7.56. The van der Waals surface area contributed by atoms with E-state index in [4.69, 9.17) is 4.42 Å². The molecule has 4 rings (SSSR count). The van der Waals surface area contributed by atoms with E-state index in [2.05, 4.69) is 31.1 Å². The van der Waals surface area contributed by atoms with Gasteiger partial charge in [0.2, 0.25) is 0 Å². The third-order valence-electron chi connectivity index (χ3n) is 5.84. The highest BCUT2D eigenvalue weighted by atomic mass is 16.3. The normalized spacial score (nSPS) is 26.9. The van der Waals surface area contributed by atoms with Crippen molar-refractivity contribution in [1.29, 1.82) is 0 Å². The van der Waals surface area contributed by atoms with Gasteiger partial charge in [0.1, 0.15) is 5.58 Å². The Bertz CT molecular complexity index is 697. The Labute approximate surface area is 131 Å².